The Kier molecular flexibility index (Phi) is 5.90. The third kappa shape index (κ3) is 4.22. The van der Waals surface area contributed by atoms with Gasteiger partial charge in [-0.1, -0.05) is 12.1 Å². The van der Waals surface area contributed by atoms with Crippen LogP contribution in [0, 0.1) is 6.92 Å². The number of ether oxygens (including phenoxy) is 1. The van der Waals surface area contributed by atoms with Gasteiger partial charge in [-0.2, -0.15) is 18.3 Å². The zero-order valence-electron chi connectivity index (χ0n) is 19.3. The molecule has 0 bridgehead atoms. The average Bonchev–Trinajstić information content (AvgIpc) is 3.46. The van der Waals surface area contributed by atoms with Crippen LogP contribution in [-0.4, -0.2) is 36.4 Å². The summed E-state index contributed by atoms with van der Waals surface area (Å²) >= 11 is 3.08. The quantitative estimate of drug-likeness (QED) is 0.288. The minimum Gasteiger partial charge on any atom is -0.480 e. The van der Waals surface area contributed by atoms with Crippen LogP contribution in [0.15, 0.2) is 41.4 Å². The maximum absolute atomic E-state index is 13.5. The molecule has 35 heavy (non-hydrogen) atoms. The zero-order valence-corrected chi connectivity index (χ0v) is 20.9. The fourth-order valence-corrected chi connectivity index (χ4v) is 4.89. The molecule has 0 saturated heterocycles. The molecule has 1 aliphatic rings. The Morgan fingerprint density at radius 1 is 1.17 bits per heavy atom. The van der Waals surface area contributed by atoms with E-state index in [2.05, 4.69) is 30.9 Å². The summed E-state index contributed by atoms with van der Waals surface area (Å²) in [6.07, 6.45) is 0.884. The number of hydrogen-bond donors (Lipinski definition) is 0. The maximum atomic E-state index is 13.5. The van der Waals surface area contributed by atoms with Crippen LogP contribution >= 0.6 is 15.9 Å². The second-order valence-electron chi connectivity index (χ2n) is 8.38. The second-order valence-corrected chi connectivity index (χ2v) is 9.13. The first kappa shape index (κ1) is 23.5. The lowest BCUT2D eigenvalue weighted by molar-refractivity contribution is -0.141. The van der Waals surface area contributed by atoms with Gasteiger partial charge in [-0.25, -0.2) is 19.6 Å². The molecule has 4 aromatic rings. The Morgan fingerprint density at radius 3 is 2.60 bits per heavy atom. The Balaban J connectivity index is 1.59. The van der Waals surface area contributed by atoms with Gasteiger partial charge < -0.3 is 9.30 Å². The summed E-state index contributed by atoms with van der Waals surface area (Å²) in [4.78, 5) is 12.7. The molecule has 0 unspecified atom stereocenters. The summed E-state index contributed by atoms with van der Waals surface area (Å²) in [6.45, 7) is 4.02. The van der Waals surface area contributed by atoms with Crippen molar-refractivity contribution < 1.29 is 17.9 Å². The Bertz CT molecular complexity index is 1410. The minimum atomic E-state index is -4.56. The van der Waals surface area contributed by atoms with E-state index in [1.54, 1.807) is 30.8 Å². The van der Waals surface area contributed by atoms with Crippen molar-refractivity contribution in [2.24, 2.45) is 0 Å². The first-order valence-electron chi connectivity index (χ1n) is 11.1. The predicted octanol–water partition coefficient (Wildman–Crippen LogP) is 6.19. The van der Waals surface area contributed by atoms with E-state index >= 15 is 0 Å². The van der Waals surface area contributed by atoms with E-state index in [4.69, 9.17) is 9.84 Å². The number of imidazole rings is 1. The molecule has 0 aliphatic heterocycles. The molecule has 0 radical (unpaired) electrons. The number of methoxy groups -OCH3 is 1. The first-order chi connectivity index (χ1) is 16.7. The number of rotatable bonds is 6. The number of hydrogen-bond acceptors (Lipinski definition) is 5. The highest BCUT2D eigenvalue weighted by atomic mass is 79.9. The Hall–Kier alpha value is -3.21. The zero-order chi connectivity index (χ0) is 24.9. The summed E-state index contributed by atoms with van der Waals surface area (Å²) in [7, 11) is 1.57. The smallest absolute Gasteiger partial charge is 0.436 e. The van der Waals surface area contributed by atoms with Crippen LogP contribution < -0.4 is 4.74 Å². The van der Waals surface area contributed by atoms with Gasteiger partial charge in [-0.3, -0.25) is 0 Å². The Labute approximate surface area is 208 Å². The molecular weight excluding hydrogens is 525 g/mol. The largest absolute Gasteiger partial charge is 0.480 e. The van der Waals surface area contributed by atoms with Gasteiger partial charge in [0.2, 0.25) is 5.88 Å². The molecule has 0 N–H and O–H groups in total. The minimum absolute atomic E-state index is 0.0882. The monoisotopic (exact) mass is 546 g/mol. The van der Waals surface area contributed by atoms with Crippen LogP contribution in [0.5, 0.6) is 5.88 Å². The summed E-state index contributed by atoms with van der Waals surface area (Å²) in [5.41, 5.74) is 3.61. The van der Waals surface area contributed by atoms with Crippen LogP contribution in [0.25, 0.3) is 28.3 Å². The highest BCUT2D eigenvalue weighted by molar-refractivity contribution is 9.10. The average molecular weight is 547 g/mol. The van der Waals surface area contributed by atoms with E-state index in [1.807, 2.05) is 25.3 Å². The van der Waals surface area contributed by atoms with E-state index < -0.39 is 11.9 Å². The van der Waals surface area contributed by atoms with Gasteiger partial charge in [0.25, 0.3) is 0 Å². The van der Waals surface area contributed by atoms with E-state index in [0.717, 1.165) is 35.3 Å². The summed E-state index contributed by atoms with van der Waals surface area (Å²) in [6, 6.07) is 7.28. The van der Waals surface area contributed by atoms with Crippen LogP contribution in [0.4, 0.5) is 13.2 Å². The molecule has 11 heteroatoms. The molecule has 1 aliphatic carbocycles. The van der Waals surface area contributed by atoms with Crippen molar-refractivity contribution in [1.82, 2.24) is 29.3 Å². The highest BCUT2D eigenvalue weighted by Gasteiger charge is 2.38. The molecular formula is C24H22BrF3N6O. The highest BCUT2D eigenvalue weighted by Crippen LogP contribution is 2.45. The molecule has 1 fully saturated rings. The summed E-state index contributed by atoms with van der Waals surface area (Å²) in [5.74, 6) is 1.06. The van der Waals surface area contributed by atoms with Gasteiger partial charge in [-0.05, 0) is 60.3 Å². The maximum Gasteiger partial charge on any atom is 0.436 e. The van der Waals surface area contributed by atoms with Crippen molar-refractivity contribution in [3.8, 4) is 34.2 Å². The Morgan fingerprint density at radius 2 is 1.94 bits per heavy atom. The predicted molar refractivity (Wildman–Crippen MR) is 127 cm³/mol. The van der Waals surface area contributed by atoms with Gasteiger partial charge in [-0.15, -0.1) is 0 Å². The van der Waals surface area contributed by atoms with Crippen molar-refractivity contribution in [1.29, 1.82) is 0 Å². The standard InChI is InChI=1S/C24H22BrF3N6O/c1-4-33-21(25)20(24(26,27)28)31-22(33)15-6-5-13(2)17(11-15)34-10-9-16(32-34)18-19(14-7-8-14)29-12-30-23(18)35-3/h5-6,9-12,14H,4,7-8H2,1-3H3. The van der Waals surface area contributed by atoms with Crippen LogP contribution in [-0.2, 0) is 12.7 Å². The van der Waals surface area contributed by atoms with E-state index in [-0.39, 0.29) is 10.4 Å². The van der Waals surface area contributed by atoms with Crippen molar-refractivity contribution in [3.05, 3.63) is 58.3 Å². The lowest BCUT2D eigenvalue weighted by Gasteiger charge is -2.11. The second kappa shape index (κ2) is 8.78. The third-order valence-corrected chi connectivity index (χ3v) is 6.85. The number of alkyl halides is 3. The molecule has 182 valence electrons. The topological polar surface area (TPSA) is 70.7 Å². The molecule has 0 atom stereocenters. The summed E-state index contributed by atoms with van der Waals surface area (Å²) in [5, 5.41) is 4.77. The SMILES string of the molecule is CCn1c(-c2ccc(C)c(-n3ccc(-c4c(OC)ncnc4C4CC4)n3)c2)nc(C(F)(F)F)c1Br. The van der Waals surface area contributed by atoms with E-state index in [9.17, 15) is 13.2 Å². The van der Waals surface area contributed by atoms with Crippen molar-refractivity contribution in [3.63, 3.8) is 0 Å². The number of aromatic nitrogens is 6. The molecule has 1 aromatic carbocycles. The van der Waals surface area contributed by atoms with E-state index in [1.165, 1.54) is 10.9 Å². The van der Waals surface area contributed by atoms with E-state index in [0.29, 0.717) is 29.6 Å². The number of nitrogens with zero attached hydrogens (tertiary/aromatic N) is 6. The first-order valence-corrected chi connectivity index (χ1v) is 11.9. The van der Waals surface area contributed by atoms with Crippen molar-refractivity contribution in [2.75, 3.05) is 7.11 Å². The lowest BCUT2D eigenvalue weighted by atomic mass is 10.1. The summed E-state index contributed by atoms with van der Waals surface area (Å²) < 4.78 is 49.1. The molecule has 7 nitrogen and oxygen atoms in total. The van der Waals surface area contributed by atoms with Gasteiger partial charge in [0, 0.05) is 24.2 Å². The molecule has 5 rings (SSSR count). The molecule has 3 heterocycles. The van der Waals surface area contributed by atoms with Gasteiger partial charge in [0.1, 0.15) is 22.4 Å². The van der Waals surface area contributed by atoms with Gasteiger partial charge in [0.05, 0.1) is 24.1 Å². The van der Waals surface area contributed by atoms with Crippen molar-refractivity contribution in [2.45, 2.75) is 45.3 Å². The van der Waals surface area contributed by atoms with Crippen LogP contribution in [0.3, 0.4) is 0 Å². The fraction of sp³-hybridized carbons (Fsp3) is 0.333. The van der Waals surface area contributed by atoms with Crippen LogP contribution in [0.1, 0.15) is 42.6 Å². The normalized spacial score (nSPS) is 13.9. The number of aryl methyl sites for hydroxylation is 1. The molecule has 0 amide bonds. The van der Waals surface area contributed by atoms with Gasteiger partial charge in [0.15, 0.2) is 5.69 Å². The molecule has 3 aromatic heterocycles. The third-order valence-electron chi connectivity index (χ3n) is 6.05. The number of halogens is 4. The van der Waals surface area contributed by atoms with Gasteiger partial charge >= 0.3 is 6.18 Å². The fourth-order valence-electron chi connectivity index (χ4n) is 4.15. The van der Waals surface area contributed by atoms with Crippen molar-refractivity contribution >= 4 is 15.9 Å². The van der Waals surface area contributed by atoms with Crippen LogP contribution in [0.2, 0.25) is 0 Å². The lowest BCUT2D eigenvalue weighted by Crippen LogP contribution is -2.06. The molecule has 1 saturated carbocycles. The number of benzene rings is 1. The molecule has 0 spiro atoms.